The Kier molecular flexibility index (Phi) is 5.40. The molecular weight excluding hydrogens is 302 g/mol. The SMILES string of the molecule is CC(=O)N1CCN(C(=O)OCC(=N)/C=C(\O)c2ccco2)CC1. The van der Waals surface area contributed by atoms with Gasteiger partial charge in [-0.15, -0.1) is 0 Å². The zero-order valence-corrected chi connectivity index (χ0v) is 12.8. The predicted molar refractivity (Wildman–Crippen MR) is 82.2 cm³/mol. The molecule has 1 fully saturated rings. The van der Waals surface area contributed by atoms with E-state index in [2.05, 4.69) is 0 Å². The Bertz CT molecular complexity index is 601. The Morgan fingerprint density at radius 3 is 2.57 bits per heavy atom. The van der Waals surface area contributed by atoms with Crippen molar-refractivity contribution in [1.29, 1.82) is 5.41 Å². The maximum absolute atomic E-state index is 11.9. The van der Waals surface area contributed by atoms with Crippen LogP contribution in [0.5, 0.6) is 0 Å². The molecule has 0 radical (unpaired) electrons. The summed E-state index contributed by atoms with van der Waals surface area (Å²) in [6, 6.07) is 3.17. The Balaban J connectivity index is 1.77. The van der Waals surface area contributed by atoms with Crippen LogP contribution in [-0.2, 0) is 9.53 Å². The summed E-state index contributed by atoms with van der Waals surface area (Å²) in [6.07, 6.45) is 2.03. The van der Waals surface area contributed by atoms with E-state index in [4.69, 9.17) is 14.6 Å². The minimum Gasteiger partial charge on any atom is -0.504 e. The number of nitrogens with zero attached hydrogens (tertiary/aromatic N) is 2. The summed E-state index contributed by atoms with van der Waals surface area (Å²) in [7, 11) is 0. The molecule has 0 atom stereocenters. The number of ether oxygens (including phenoxy) is 1. The predicted octanol–water partition coefficient (Wildman–Crippen LogP) is 1.50. The summed E-state index contributed by atoms with van der Waals surface area (Å²) < 4.78 is 10.0. The van der Waals surface area contributed by atoms with E-state index >= 15 is 0 Å². The van der Waals surface area contributed by atoms with Gasteiger partial charge in [0.1, 0.15) is 6.61 Å². The largest absolute Gasteiger partial charge is 0.504 e. The number of amides is 2. The van der Waals surface area contributed by atoms with Crippen LogP contribution in [0.3, 0.4) is 0 Å². The lowest BCUT2D eigenvalue weighted by molar-refractivity contribution is -0.130. The summed E-state index contributed by atoms with van der Waals surface area (Å²) in [4.78, 5) is 26.3. The Hall–Kier alpha value is -2.77. The molecule has 2 heterocycles. The second kappa shape index (κ2) is 7.48. The number of hydrogen-bond acceptors (Lipinski definition) is 6. The number of nitrogens with one attached hydrogen (secondary N) is 1. The summed E-state index contributed by atoms with van der Waals surface area (Å²) in [5, 5.41) is 17.4. The monoisotopic (exact) mass is 321 g/mol. The van der Waals surface area contributed by atoms with E-state index in [1.54, 1.807) is 17.0 Å². The molecule has 1 saturated heterocycles. The molecule has 0 aliphatic carbocycles. The summed E-state index contributed by atoms with van der Waals surface area (Å²) in [5.74, 6) is 0.0193. The lowest BCUT2D eigenvalue weighted by Crippen LogP contribution is -2.50. The minimum atomic E-state index is -0.538. The van der Waals surface area contributed by atoms with Gasteiger partial charge in [0.25, 0.3) is 0 Å². The molecule has 0 unspecified atom stereocenters. The fraction of sp³-hybridized carbons (Fsp3) is 0.400. The summed E-state index contributed by atoms with van der Waals surface area (Å²) >= 11 is 0. The van der Waals surface area contributed by atoms with Crippen LogP contribution < -0.4 is 0 Å². The van der Waals surface area contributed by atoms with Gasteiger partial charge >= 0.3 is 6.09 Å². The van der Waals surface area contributed by atoms with Gasteiger partial charge in [0.15, 0.2) is 11.5 Å². The summed E-state index contributed by atoms with van der Waals surface area (Å²) in [6.45, 7) is 2.99. The molecule has 0 bridgehead atoms. The second-order valence-electron chi connectivity index (χ2n) is 5.08. The van der Waals surface area contributed by atoms with Gasteiger partial charge in [-0.05, 0) is 12.1 Å². The quantitative estimate of drug-likeness (QED) is 0.645. The van der Waals surface area contributed by atoms with Crippen molar-refractivity contribution in [3.63, 3.8) is 0 Å². The first-order chi connectivity index (χ1) is 11.0. The molecule has 1 aromatic heterocycles. The highest BCUT2D eigenvalue weighted by Crippen LogP contribution is 2.11. The van der Waals surface area contributed by atoms with Gasteiger partial charge in [0.05, 0.1) is 12.0 Å². The topological polar surface area (TPSA) is 107 Å². The molecule has 1 aromatic rings. The van der Waals surface area contributed by atoms with Crippen molar-refractivity contribution in [1.82, 2.24) is 9.80 Å². The van der Waals surface area contributed by atoms with Crippen molar-refractivity contribution < 1.29 is 23.8 Å². The molecule has 1 aliphatic rings. The van der Waals surface area contributed by atoms with Gasteiger partial charge in [-0.1, -0.05) is 0 Å². The van der Waals surface area contributed by atoms with Gasteiger partial charge in [-0.25, -0.2) is 4.79 Å². The third kappa shape index (κ3) is 4.60. The van der Waals surface area contributed by atoms with Crippen molar-refractivity contribution in [2.75, 3.05) is 32.8 Å². The molecule has 124 valence electrons. The van der Waals surface area contributed by atoms with E-state index in [1.807, 2.05) is 0 Å². The standard InChI is InChI=1S/C15H19N3O5/c1-11(19)17-4-6-18(7-5-17)15(21)23-10-12(16)9-13(20)14-3-2-8-22-14/h2-3,8-9,16,20H,4-7,10H2,1H3/b13-9-,16-12?. The molecule has 23 heavy (non-hydrogen) atoms. The number of hydrogen-bond donors (Lipinski definition) is 2. The molecule has 8 nitrogen and oxygen atoms in total. The van der Waals surface area contributed by atoms with Crippen LogP contribution in [0.25, 0.3) is 5.76 Å². The lowest BCUT2D eigenvalue weighted by atomic mass is 10.3. The highest BCUT2D eigenvalue weighted by atomic mass is 16.6. The Morgan fingerprint density at radius 2 is 2.00 bits per heavy atom. The molecule has 1 aliphatic heterocycles. The molecule has 0 aromatic carbocycles. The van der Waals surface area contributed by atoms with Crippen molar-refractivity contribution in [3.8, 4) is 0 Å². The fourth-order valence-corrected chi connectivity index (χ4v) is 2.14. The third-order valence-corrected chi connectivity index (χ3v) is 3.42. The lowest BCUT2D eigenvalue weighted by Gasteiger charge is -2.33. The number of aliphatic hydroxyl groups is 1. The first-order valence-corrected chi connectivity index (χ1v) is 7.16. The van der Waals surface area contributed by atoms with Gasteiger partial charge in [-0.2, -0.15) is 0 Å². The number of aliphatic hydroxyl groups excluding tert-OH is 1. The molecule has 2 amide bonds. The van der Waals surface area contributed by atoms with Crippen molar-refractivity contribution in [2.24, 2.45) is 0 Å². The average Bonchev–Trinajstić information content (AvgIpc) is 3.07. The number of carbonyl (C=O) groups is 2. The zero-order chi connectivity index (χ0) is 16.8. The van der Waals surface area contributed by atoms with Crippen LogP contribution in [-0.4, -0.2) is 65.4 Å². The zero-order valence-electron chi connectivity index (χ0n) is 12.8. The number of rotatable bonds is 4. The second-order valence-corrected chi connectivity index (χ2v) is 5.08. The van der Waals surface area contributed by atoms with E-state index in [1.165, 1.54) is 24.2 Å². The molecule has 0 spiro atoms. The third-order valence-electron chi connectivity index (χ3n) is 3.42. The molecule has 8 heteroatoms. The first-order valence-electron chi connectivity index (χ1n) is 7.16. The van der Waals surface area contributed by atoms with Crippen LogP contribution >= 0.6 is 0 Å². The maximum atomic E-state index is 11.9. The molecule has 2 rings (SSSR count). The van der Waals surface area contributed by atoms with Crippen LogP contribution in [0.15, 0.2) is 28.9 Å². The van der Waals surface area contributed by atoms with E-state index in [9.17, 15) is 14.7 Å². The molecule has 2 N–H and O–H groups in total. The van der Waals surface area contributed by atoms with Crippen molar-refractivity contribution in [2.45, 2.75) is 6.92 Å². The fourth-order valence-electron chi connectivity index (χ4n) is 2.14. The van der Waals surface area contributed by atoms with E-state index in [0.717, 1.165) is 0 Å². The van der Waals surface area contributed by atoms with Gasteiger partial charge in [0.2, 0.25) is 5.91 Å². The number of carbonyl (C=O) groups excluding carboxylic acids is 2. The first kappa shape index (κ1) is 16.6. The van der Waals surface area contributed by atoms with Gasteiger partial charge in [-0.3, -0.25) is 4.79 Å². The summed E-state index contributed by atoms with van der Waals surface area (Å²) in [5.41, 5.74) is -0.0605. The Morgan fingerprint density at radius 1 is 1.35 bits per heavy atom. The maximum Gasteiger partial charge on any atom is 0.410 e. The molecule has 0 saturated carbocycles. The average molecular weight is 321 g/mol. The van der Waals surface area contributed by atoms with E-state index < -0.39 is 6.09 Å². The molecular formula is C15H19N3O5. The highest BCUT2D eigenvalue weighted by Gasteiger charge is 2.23. The van der Waals surface area contributed by atoms with Crippen LogP contribution in [0, 0.1) is 5.41 Å². The van der Waals surface area contributed by atoms with Gasteiger partial charge in [0, 0.05) is 39.2 Å². The smallest absolute Gasteiger partial charge is 0.410 e. The van der Waals surface area contributed by atoms with Crippen molar-refractivity contribution in [3.05, 3.63) is 30.2 Å². The minimum absolute atomic E-state index is 0.0154. The van der Waals surface area contributed by atoms with Crippen LogP contribution in [0.1, 0.15) is 12.7 Å². The van der Waals surface area contributed by atoms with E-state index in [-0.39, 0.29) is 29.7 Å². The van der Waals surface area contributed by atoms with Crippen LogP contribution in [0.2, 0.25) is 0 Å². The van der Waals surface area contributed by atoms with E-state index in [0.29, 0.717) is 26.2 Å². The van der Waals surface area contributed by atoms with Gasteiger partial charge < -0.3 is 29.5 Å². The number of piperazine rings is 1. The Labute approximate surface area is 133 Å². The van der Waals surface area contributed by atoms with Crippen molar-refractivity contribution >= 4 is 23.5 Å². The number of furan rings is 1. The van der Waals surface area contributed by atoms with Crippen LogP contribution in [0.4, 0.5) is 4.79 Å². The highest BCUT2D eigenvalue weighted by molar-refractivity contribution is 5.98. The normalized spacial score (nSPS) is 15.4.